The Kier molecular flexibility index (Phi) is 4.48. The number of hydrogen-bond donors (Lipinski definition) is 2. The molecule has 1 amide bonds. The zero-order valence-electron chi connectivity index (χ0n) is 10.8. The van der Waals surface area contributed by atoms with Gasteiger partial charge in [0.25, 0.3) is 5.91 Å². The van der Waals surface area contributed by atoms with Crippen molar-refractivity contribution in [1.29, 1.82) is 0 Å². The first-order valence-corrected chi connectivity index (χ1v) is 7.32. The molecule has 1 aliphatic rings. The van der Waals surface area contributed by atoms with Crippen LogP contribution in [-0.4, -0.2) is 28.1 Å². The molecule has 1 aromatic rings. The van der Waals surface area contributed by atoms with E-state index in [2.05, 4.69) is 5.32 Å². The quantitative estimate of drug-likeness (QED) is 0.840. The fraction of sp³-hybridized carbons (Fsp3) is 0.462. The van der Waals surface area contributed by atoms with Crippen molar-refractivity contribution in [3.63, 3.8) is 0 Å². The highest BCUT2D eigenvalue weighted by Crippen LogP contribution is 2.33. The van der Waals surface area contributed by atoms with Gasteiger partial charge in [0.05, 0.1) is 5.56 Å². The summed E-state index contributed by atoms with van der Waals surface area (Å²) in [7, 11) is 0. The third-order valence-electron chi connectivity index (χ3n) is 3.24. The van der Waals surface area contributed by atoms with Gasteiger partial charge in [0.15, 0.2) is 5.60 Å². The van der Waals surface area contributed by atoms with Crippen molar-refractivity contribution in [2.75, 3.05) is 11.5 Å². The van der Waals surface area contributed by atoms with Crippen LogP contribution < -0.4 is 5.32 Å². The van der Waals surface area contributed by atoms with Gasteiger partial charge >= 0.3 is 6.18 Å². The molecule has 1 saturated heterocycles. The molecular formula is C13H13F4NO2S. The first-order valence-electron chi connectivity index (χ1n) is 6.16. The van der Waals surface area contributed by atoms with E-state index in [1.54, 1.807) is 0 Å². The minimum absolute atomic E-state index is 0.217. The Morgan fingerprint density at radius 2 is 2.14 bits per heavy atom. The number of rotatable bonds is 3. The van der Waals surface area contributed by atoms with E-state index in [4.69, 9.17) is 0 Å². The van der Waals surface area contributed by atoms with Gasteiger partial charge in [0, 0.05) is 12.3 Å². The summed E-state index contributed by atoms with van der Waals surface area (Å²) >= 11 is 1.40. The molecule has 2 N–H and O–H groups in total. The van der Waals surface area contributed by atoms with E-state index in [0.29, 0.717) is 11.8 Å². The summed E-state index contributed by atoms with van der Waals surface area (Å²) in [5.74, 6) is -0.865. The molecule has 0 saturated carbocycles. The van der Waals surface area contributed by atoms with Crippen LogP contribution in [0.3, 0.4) is 0 Å². The van der Waals surface area contributed by atoms with Gasteiger partial charge in [-0.2, -0.15) is 24.9 Å². The lowest BCUT2D eigenvalue weighted by atomic mass is 10.0. The minimum Gasteiger partial charge on any atom is -0.379 e. The second-order valence-corrected chi connectivity index (χ2v) is 5.92. The number of benzene rings is 1. The minimum atomic E-state index is -4.71. The lowest BCUT2D eigenvalue weighted by Crippen LogP contribution is -2.46. The lowest BCUT2D eigenvalue weighted by Gasteiger charge is -2.21. The molecule has 3 nitrogen and oxygen atoms in total. The van der Waals surface area contributed by atoms with E-state index in [9.17, 15) is 27.5 Å². The Morgan fingerprint density at radius 1 is 1.43 bits per heavy atom. The highest BCUT2D eigenvalue weighted by atomic mass is 32.2. The van der Waals surface area contributed by atoms with Crippen molar-refractivity contribution < 1.29 is 27.5 Å². The first kappa shape index (κ1) is 16.1. The highest BCUT2D eigenvalue weighted by molar-refractivity contribution is 7.99. The van der Waals surface area contributed by atoms with Crippen LogP contribution in [-0.2, 0) is 17.5 Å². The van der Waals surface area contributed by atoms with E-state index in [0.717, 1.165) is 12.1 Å². The molecule has 116 valence electrons. The van der Waals surface area contributed by atoms with Crippen molar-refractivity contribution >= 4 is 17.7 Å². The number of alkyl halides is 3. The molecule has 21 heavy (non-hydrogen) atoms. The molecule has 0 spiro atoms. The van der Waals surface area contributed by atoms with Crippen LogP contribution in [0.5, 0.6) is 0 Å². The molecule has 8 heteroatoms. The first-order chi connectivity index (χ1) is 9.72. The van der Waals surface area contributed by atoms with Crippen molar-refractivity contribution in [2.24, 2.45) is 0 Å². The van der Waals surface area contributed by atoms with E-state index >= 15 is 0 Å². The van der Waals surface area contributed by atoms with Gasteiger partial charge < -0.3 is 10.4 Å². The van der Waals surface area contributed by atoms with Gasteiger partial charge in [0.1, 0.15) is 5.82 Å². The van der Waals surface area contributed by atoms with Crippen LogP contribution in [0.2, 0.25) is 0 Å². The van der Waals surface area contributed by atoms with Crippen LogP contribution in [0.15, 0.2) is 18.2 Å². The van der Waals surface area contributed by atoms with E-state index in [-0.39, 0.29) is 17.7 Å². The number of halogens is 4. The maximum atomic E-state index is 13.0. The predicted molar refractivity (Wildman–Crippen MR) is 70.1 cm³/mol. The second-order valence-electron chi connectivity index (χ2n) is 4.82. The molecule has 2 rings (SSSR count). The summed E-state index contributed by atoms with van der Waals surface area (Å²) in [6.07, 6.45) is -4.44. The number of carbonyl (C=O) groups is 1. The molecular weight excluding hydrogens is 310 g/mol. The average Bonchev–Trinajstić information content (AvgIpc) is 2.84. The van der Waals surface area contributed by atoms with Crippen molar-refractivity contribution in [1.82, 2.24) is 5.32 Å². The Balaban J connectivity index is 2.12. The van der Waals surface area contributed by atoms with Gasteiger partial charge in [-0.25, -0.2) is 4.39 Å². The smallest absolute Gasteiger partial charge is 0.379 e. The molecule has 0 bridgehead atoms. The van der Waals surface area contributed by atoms with Crippen molar-refractivity contribution in [2.45, 2.75) is 24.7 Å². The van der Waals surface area contributed by atoms with Crippen LogP contribution in [0, 0.1) is 5.82 Å². The zero-order chi connectivity index (χ0) is 15.7. The predicted octanol–water partition coefficient (Wildman–Crippen LogP) is 2.33. The van der Waals surface area contributed by atoms with Crippen molar-refractivity contribution in [3.8, 4) is 0 Å². The van der Waals surface area contributed by atoms with Gasteiger partial charge in [-0.1, -0.05) is 6.07 Å². The molecule has 1 unspecified atom stereocenters. The summed E-state index contributed by atoms with van der Waals surface area (Å²) in [5, 5.41) is 12.3. The maximum absolute atomic E-state index is 13.0. The molecule has 0 aliphatic carbocycles. The maximum Gasteiger partial charge on any atom is 0.416 e. The average molecular weight is 323 g/mol. The Morgan fingerprint density at radius 3 is 2.71 bits per heavy atom. The number of hydrogen-bond acceptors (Lipinski definition) is 3. The number of thioether (sulfide) groups is 1. The largest absolute Gasteiger partial charge is 0.416 e. The summed E-state index contributed by atoms with van der Waals surface area (Å²) in [6.45, 7) is -0.416. The van der Waals surface area contributed by atoms with E-state index in [1.807, 2.05) is 0 Å². The molecule has 1 aromatic carbocycles. The van der Waals surface area contributed by atoms with Gasteiger partial charge in [-0.3, -0.25) is 4.79 Å². The Labute approximate surface area is 122 Å². The third kappa shape index (κ3) is 3.68. The topological polar surface area (TPSA) is 49.3 Å². The lowest BCUT2D eigenvalue weighted by molar-refractivity contribution is -0.140. The van der Waals surface area contributed by atoms with Crippen LogP contribution in [0.4, 0.5) is 17.6 Å². The van der Waals surface area contributed by atoms with E-state index < -0.39 is 35.6 Å². The fourth-order valence-electron chi connectivity index (χ4n) is 2.04. The fourth-order valence-corrected chi connectivity index (χ4v) is 3.28. The number of amides is 1. The van der Waals surface area contributed by atoms with Gasteiger partial charge in [0.2, 0.25) is 0 Å². The molecule has 1 heterocycles. The normalized spacial score (nSPS) is 22.3. The summed E-state index contributed by atoms with van der Waals surface area (Å²) in [6, 6.07) is 2.27. The van der Waals surface area contributed by atoms with Crippen LogP contribution in [0.1, 0.15) is 17.5 Å². The van der Waals surface area contributed by atoms with E-state index in [1.165, 1.54) is 11.8 Å². The monoisotopic (exact) mass is 323 g/mol. The summed E-state index contributed by atoms with van der Waals surface area (Å²) in [4.78, 5) is 11.8. The number of carbonyl (C=O) groups excluding carboxylic acids is 1. The van der Waals surface area contributed by atoms with Gasteiger partial charge in [-0.15, -0.1) is 0 Å². The second kappa shape index (κ2) is 5.84. The summed E-state index contributed by atoms with van der Waals surface area (Å²) in [5.41, 5.74) is -2.91. The third-order valence-corrected chi connectivity index (χ3v) is 4.41. The molecule has 0 aromatic heterocycles. The standard InChI is InChI=1S/C13H13F4NO2S/c14-9-2-1-8(10(5-9)13(15,16)17)6-18-11(19)12(20)3-4-21-7-12/h1-2,5,20H,3-4,6-7H2,(H,18,19). The van der Waals surface area contributed by atoms with Crippen LogP contribution in [0.25, 0.3) is 0 Å². The summed E-state index contributed by atoms with van der Waals surface area (Å²) < 4.78 is 51.3. The number of aliphatic hydroxyl groups is 1. The van der Waals surface area contributed by atoms with Crippen molar-refractivity contribution in [3.05, 3.63) is 35.1 Å². The SMILES string of the molecule is O=C(NCc1ccc(F)cc1C(F)(F)F)C1(O)CCSC1. The van der Waals surface area contributed by atoms with Gasteiger partial charge in [-0.05, 0) is 29.9 Å². The Hall–Kier alpha value is -1.28. The zero-order valence-corrected chi connectivity index (χ0v) is 11.7. The molecule has 1 atom stereocenters. The molecule has 1 aliphatic heterocycles. The molecule has 0 radical (unpaired) electrons. The highest BCUT2D eigenvalue weighted by Gasteiger charge is 2.40. The number of nitrogens with one attached hydrogen (secondary N) is 1. The molecule has 1 fully saturated rings. The Bertz CT molecular complexity index is 541. The van der Waals surface area contributed by atoms with Crippen LogP contribution >= 0.6 is 11.8 Å².